The van der Waals surface area contributed by atoms with Crippen molar-refractivity contribution in [3.05, 3.63) is 107 Å². The van der Waals surface area contributed by atoms with E-state index in [4.69, 9.17) is 27.9 Å². The quantitative estimate of drug-likeness (QED) is 0.214. The highest BCUT2D eigenvalue weighted by Crippen LogP contribution is 2.69. The maximum atomic E-state index is 14.0. The van der Waals surface area contributed by atoms with Gasteiger partial charge in [0.05, 0.1) is 22.5 Å². The summed E-state index contributed by atoms with van der Waals surface area (Å²) in [5.74, 6) is -0.477. The van der Waals surface area contributed by atoms with Gasteiger partial charge in [-0.25, -0.2) is 0 Å². The predicted molar refractivity (Wildman–Crippen MR) is 172 cm³/mol. The molecule has 1 N–H and O–H groups in total. The second kappa shape index (κ2) is 10.5. The van der Waals surface area contributed by atoms with Gasteiger partial charge in [-0.1, -0.05) is 62.6 Å². The fourth-order valence-corrected chi connectivity index (χ4v) is 11.4. The average molecular weight is 714 g/mol. The van der Waals surface area contributed by atoms with Gasteiger partial charge in [-0.05, 0) is 84.3 Å². The Morgan fingerprint density at radius 3 is 2.44 bits per heavy atom. The molecule has 8 rings (SSSR count). The number of hydrogen-bond acceptors (Lipinski definition) is 6. The lowest BCUT2D eigenvalue weighted by Gasteiger charge is -2.43. The minimum atomic E-state index is -0.391. The lowest BCUT2D eigenvalue weighted by Crippen LogP contribution is -2.42. The number of carbonyl (C=O) groups is 2. The van der Waals surface area contributed by atoms with Crippen LogP contribution in [0.25, 0.3) is 0 Å². The Morgan fingerprint density at radius 2 is 1.67 bits per heavy atom. The lowest BCUT2D eigenvalue weighted by atomic mass is 9.68. The first-order valence-electron chi connectivity index (χ1n) is 14.0. The van der Waals surface area contributed by atoms with Crippen LogP contribution in [0, 0.1) is 29.6 Å². The molecule has 0 spiro atoms. The summed E-state index contributed by atoms with van der Waals surface area (Å²) in [6.45, 7) is 0.312. The zero-order chi connectivity index (χ0) is 29.6. The molecule has 43 heavy (non-hydrogen) atoms. The summed E-state index contributed by atoms with van der Waals surface area (Å²) in [5, 5.41) is 2.11. The number of halogens is 3. The normalized spacial score (nSPS) is 28.6. The van der Waals surface area contributed by atoms with Crippen molar-refractivity contribution < 1.29 is 14.3 Å². The molecule has 4 aliphatic rings. The topological polar surface area (TPSA) is 79.5 Å². The molecule has 3 aromatic carbocycles. The van der Waals surface area contributed by atoms with Gasteiger partial charge in [0.1, 0.15) is 12.4 Å². The number of anilines is 1. The van der Waals surface area contributed by atoms with Crippen LogP contribution in [-0.4, -0.2) is 22.0 Å². The number of carbonyl (C=O) groups excluding carboxylic acids is 2. The highest BCUT2D eigenvalue weighted by Gasteiger charge is 2.69. The largest absolute Gasteiger partial charge is 0.489 e. The number of aromatic amines is 1. The van der Waals surface area contributed by atoms with Gasteiger partial charge >= 0.3 is 4.87 Å². The number of fused-ring (bicyclic) bond motifs is 9. The number of benzene rings is 3. The van der Waals surface area contributed by atoms with Crippen molar-refractivity contribution in [2.45, 2.75) is 29.2 Å². The van der Waals surface area contributed by atoms with Crippen molar-refractivity contribution in [2.75, 3.05) is 4.90 Å². The van der Waals surface area contributed by atoms with Crippen molar-refractivity contribution >= 4 is 79.7 Å². The van der Waals surface area contributed by atoms with Gasteiger partial charge in [-0.15, -0.1) is 11.8 Å². The molecule has 1 aromatic heterocycles. The first-order valence-corrected chi connectivity index (χ1v) is 17.2. The Kier molecular flexibility index (Phi) is 6.84. The van der Waals surface area contributed by atoms with Crippen molar-refractivity contribution in [3.8, 4) is 5.75 Å². The van der Waals surface area contributed by atoms with Gasteiger partial charge in [-0.3, -0.25) is 19.3 Å². The Balaban J connectivity index is 1.20. The highest BCUT2D eigenvalue weighted by atomic mass is 79.9. The van der Waals surface area contributed by atoms with Crippen LogP contribution >= 0.6 is 62.2 Å². The van der Waals surface area contributed by atoms with Gasteiger partial charge in [0.25, 0.3) is 0 Å². The number of thiazole rings is 1. The fourth-order valence-electron chi connectivity index (χ4n) is 7.89. The average Bonchev–Trinajstić information content (AvgIpc) is 3.72. The van der Waals surface area contributed by atoms with E-state index in [0.29, 0.717) is 28.1 Å². The lowest BCUT2D eigenvalue weighted by molar-refractivity contribution is -0.123. The highest BCUT2D eigenvalue weighted by molar-refractivity contribution is 9.10. The van der Waals surface area contributed by atoms with Crippen LogP contribution in [0.3, 0.4) is 0 Å². The van der Waals surface area contributed by atoms with Crippen LogP contribution in [0.5, 0.6) is 5.75 Å². The molecule has 1 saturated heterocycles. The number of amides is 2. The maximum absolute atomic E-state index is 14.0. The molecule has 2 aliphatic heterocycles. The molecule has 3 heterocycles. The van der Waals surface area contributed by atoms with E-state index in [9.17, 15) is 14.4 Å². The summed E-state index contributed by atoms with van der Waals surface area (Å²) in [5.41, 5.74) is 2.43. The SMILES string of the molecule is O=C1[C@H]2[C@H]3C[C@@H]([C@@H]2C(=O)N1c1ccc(Br)cc1)[C@H]1[C@H](c2cc(Cl)ccc2OCc2cccc(Cl)c2)c2sc(=O)[nH]c2S[C@H]31. The van der Waals surface area contributed by atoms with Crippen LogP contribution in [0.15, 0.2) is 81.0 Å². The summed E-state index contributed by atoms with van der Waals surface area (Å²) < 4.78 is 7.29. The maximum Gasteiger partial charge on any atom is 0.305 e. The predicted octanol–water partition coefficient (Wildman–Crippen LogP) is 7.76. The molecule has 0 radical (unpaired) electrons. The van der Waals surface area contributed by atoms with E-state index in [-0.39, 0.29) is 51.5 Å². The molecule has 2 aliphatic carbocycles. The fraction of sp³-hybridized carbons (Fsp3) is 0.281. The molecule has 3 fully saturated rings. The third kappa shape index (κ3) is 4.45. The number of imide groups is 1. The molecule has 7 atom stereocenters. The van der Waals surface area contributed by atoms with Crippen LogP contribution in [0.4, 0.5) is 5.69 Å². The Bertz CT molecular complexity index is 1860. The number of nitrogens with one attached hydrogen (secondary N) is 1. The number of ether oxygens (including phenoxy) is 1. The molecule has 0 unspecified atom stereocenters. The second-order valence-electron chi connectivity index (χ2n) is 11.5. The summed E-state index contributed by atoms with van der Waals surface area (Å²) >= 11 is 19.1. The Labute approximate surface area is 273 Å². The summed E-state index contributed by atoms with van der Waals surface area (Å²) in [6.07, 6.45) is 0.804. The van der Waals surface area contributed by atoms with E-state index in [1.165, 1.54) is 16.2 Å². The van der Waals surface area contributed by atoms with Gasteiger partial charge < -0.3 is 9.72 Å². The van der Waals surface area contributed by atoms with E-state index in [2.05, 4.69) is 20.9 Å². The van der Waals surface area contributed by atoms with Crippen molar-refractivity contribution in [1.29, 1.82) is 0 Å². The number of rotatable bonds is 5. The van der Waals surface area contributed by atoms with E-state index < -0.39 is 5.92 Å². The number of aromatic nitrogens is 1. The second-order valence-corrected chi connectivity index (χ2v) is 15.5. The van der Waals surface area contributed by atoms with Gasteiger partial charge in [0.2, 0.25) is 11.8 Å². The molecule has 2 bridgehead atoms. The van der Waals surface area contributed by atoms with E-state index in [0.717, 1.165) is 31.9 Å². The number of hydrogen-bond donors (Lipinski definition) is 1. The Hall–Kier alpha value is -2.56. The summed E-state index contributed by atoms with van der Waals surface area (Å²) in [4.78, 5) is 45.9. The first kappa shape index (κ1) is 28.0. The molecule has 4 aromatic rings. The van der Waals surface area contributed by atoms with Gasteiger partial charge in [0, 0.05) is 36.1 Å². The van der Waals surface area contributed by atoms with E-state index in [1.54, 1.807) is 17.8 Å². The van der Waals surface area contributed by atoms with Gasteiger partial charge in [-0.2, -0.15) is 0 Å². The van der Waals surface area contributed by atoms with Crippen molar-refractivity contribution in [1.82, 2.24) is 4.98 Å². The monoisotopic (exact) mass is 712 g/mol. The number of H-pyrrole nitrogens is 1. The minimum absolute atomic E-state index is 0.0143. The van der Waals surface area contributed by atoms with Crippen molar-refractivity contribution in [2.24, 2.45) is 29.6 Å². The van der Waals surface area contributed by atoms with Gasteiger partial charge in [0.15, 0.2) is 0 Å². The number of nitrogens with zero attached hydrogens (tertiary/aromatic N) is 1. The molecular formula is C32H23BrCl2N2O4S2. The standard InChI is InChI=1S/C32H23BrCl2N2O4S2/c33-15-4-7-18(8-5-15)37-30(38)25-20-12-21(26(25)31(37)39)27-24(20)23(28-29(42-27)36-32(40)43-28)19-11-17(35)6-9-22(19)41-13-14-2-1-3-16(34)10-14/h1-11,20-21,23-27H,12-13H2,(H,36,40)/t20-,21-,23+,24+,25+,26+,27-/m1/s1. The zero-order valence-corrected chi connectivity index (χ0v) is 27.1. The van der Waals surface area contributed by atoms with Crippen LogP contribution < -0.4 is 14.5 Å². The molecule has 218 valence electrons. The number of thioether (sulfide) groups is 1. The first-order chi connectivity index (χ1) is 20.8. The third-order valence-electron chi connectivity index (χ3n) is 9.40. The minimum Gasteiger partial charge on any atom is -0.489 e. The van der Waals surface area contributed by atoms with E-state index >= 15 is 0 Å². The molecule has 2 amide bonds. The van der Waals surface area contributed by atoms with Crippen LogP contribution in [0.1, 0.15) is 28.3 Å². The molecule has 6 nitrogen and oxygen atoms in total. The summed E-state index contributed by atoms with van der Waals surface area (Å²) in [7, 11) is 0. The van der Waals surface area contributed by atoms with Crippen LogP contribution in [-0.2, 0) is 16.2 Å². The van der Waals surface area contributed by atoms with Crippen LogP contribution in [0.2, 0.25) is 10.0 Å². The summed E-state index contributed by atoms with van der Waals surface area (Å²) in [6, 6.07) is 20.5. The molecule has 2 saturated carbocycles. The molecular weight excluding hydrogens is 691 g/mol. The van der Waals surface area contributed by atoms with E-state index in [1.807, 2.05) is 60.7 Å². The third-order valence-corrected chi connectivity index (χ3v) is 13.0. The van der Waals surface area contributed by atoms with Crippen molar-refractivity contribution in [3.63, 3.8) is 0 Å². The molecule has 11 heteroatoms. The zero-order valence-electron chi connectivity index (χ0n) is 22.3. The Morgan fingerprint density at radius 1 is 0.930 bits per heavy atom. The smallest absolute Gasteiger partial charge is 0.305 e.